The molecule has 25 heavy (non-hydrogen) atoms. The fraction of sp³-hybridized carbons (Fsp3) is 0.412. The van der Waals surface area contributed by atoms with Crippen molar-refractivity contribution in [3.8, 4) is 0 Å². The molecule has 0 aliphatic carbocycles. The molecule has 0 unspecified atom stereocenters. The monoisotopic (exact) mass is 339 g/mol. The molecule has 1 aliphatic heterocycles. The summed E-state index contributed by atoms with van der Waals surface area (Å²) in [6, 6.07) is 7.66. The molecule has 1 aliphatic rings. The Hall–Kier alpha value is -2.90. The van der Waals surface area contributed by atoms with Gasteiger partial charge in [0.05, 0.1) is 0 Å². The number of nitrogens with zero attached hydrogens (tertiary/aromatic N) is 7. The zero-order chi connectivity index (χ0) is 17.2. The maximum Gasteiger partial charge on any atom is 0.272 e. The number of rotatable bonds is 3. The van der Waals surface area contributed by atoms with Gasteiger partial charge >= 0.3 is 0 Å². The van der Waals surface area contributed by atoms with E-state index in [1.807, 2.05) is 40.6 Å². The van der Waals surface area contributed by atoms with E-state index in [4.69, 9.17) is 0 Å². The van der Waals surface area contributed by atoms with Crippen molar-refractivity contribution >= 4 is 17.5 Å². The molecule has 0 radical (unpaired) electrons. The second-order valence-electron chi connectivity index (χ2n) is 6.09. The summed E-state index contributed by atoms with van der Waals surface area (Å²) in [4.78, 5) is 16.9. The van der Waals surface area contributed by atoms with Gasteiger partial charge < -0.3 is 9.80 Å². The van der Waals surface area contributed by atoms with E-state index in [9.17, 15) is 4.79 Å². The molecule has 1 saturated heterocycles. The minimum Gasteiger partial charge on any atom is -0.339 e. The van der Waals surface area contributed by atoms with E-state index in [0.717, 1.165) is 37.7 Å². The van der Waals surface area contributed by atoms with Gasteiger partial charge in [-0.05, 0) is 31.5 Å². The molecule has 0 atom stereocenters. The third-order valence-corrected chi connectivity index (χ3v) is 4.60. The van der Waals surface area contributed by atoms with Gasteiger partial charge in [-0.15, -0.1) is 10.2 Å². The zero-order valence-corrected chi connectivity index (χ0v) is 14.2. The van der Waals surface area contributed by atoms with Crippen molar-refractivity contribution in [3.05, 3.63) is 42.4 Å². The van der Waals surface area contributed by atoms with Crippen LogP contribution in [0.2, 0.25) is 0 Å². The summed E-state index contributed by atoms with van der Waals surface area (Å²) in [7, 11) is 0. The van der Waals surface area contributed by atoms with Crippen molar-refractivity contribution < 1.29 is 4.79 Å². The lowest BCUT2D eigenvalue weighted by molar-refractivity contribution is 0.0754. The van der Waals surface area contributed by atoms with Gasteiger partial charge in [-0.3, -0.25) is 13.9 Å². The lowest BCUT2D eigenvalue weighted by Crippen LogP contribution is -2.36. The van der Waals surface area contributed by atoms with Gasteiger partial charge in [-0.1, -0.05) is 6.07 Å². The third-order valence-electron chi connectivity index (χ3n) is 4.60. The molecule has 0 saturated carbocycles. The number of hydrogen-bond acceptors (Lipinski definition) is 5. The van der Waals surface area contributed by atoms with E-state index in [2.05, 4.69) is 20.2 Å². The molecule has 130 valence electrons. The summed E-state index contributed by atoms with van der Waals surface area (Å²) in [6.45, 7) is 5.68. The van der Waals surface area contributed by atoms with Crippen LogP contribution in [0.5, 0.6) is 0 Å². The van der Waals surface area contributed by atoms with Crippen LogP contribution in [-0.4, -0.2) is 61.4 Å². The summed E-state index contributed by atoms with van der Waals surface area (Å²) in [5.41, 5.74) is 1.49. The fourth-order valence-corrected chi connectivity index (χ4v) is 3.29. The van der Waals surface area contributed by atoms with Crippen LogP contribution < -0.4 is 4.90 Å². The highest BCUT2D eigenvalue weighted by atomic mass is 16.2. The summed E-state index contributed by atoms with van der Waals surface area (Å²) >= 11 is 0. The lowest BCUT2D eigenvalue weighted by atomic mass is 10.3. The predicted octanol–water partition coefficient (Wildman–Crippen LogP) is 1.30. The molecular formula is C17H21N7O. The van der Waals surface area contributed by atoms with E-state index in [0.29, 0.717) is 18.8 Å². The number of fused-ring (bicyclic) bond motifs is 1. The van der Waals surface area contributed by atoms with Crippen LogP contribution in [0.3, 0.4) is 0 Å². The molecule has 1 amide bonds. The van der Waals surface area contributed by atoms with Crippen LogP contribution in [-0.2, 0) is 6.54 Å². The molecule has 8 nitrogen and oxygen atoms in total. The van der Waals surface area contributed by atoms with E-state index in [-0.39, 0.29) is 5.91 Å². The smallest absolute Gasteiger partial charge is 0.272 e. The first-order valence-corrected chi connectivity index (χ1v) is 8.63. The summed E-state index contributed by atoms with van der Waals surface area (Å²) in [5.74, 6) is 0.885. The average molecular weight is 339 g/mol. The fourth-order valence-electron chi connectivity index (χ4n) is 3.29. The summed E-state index contributed by atoms with van der Waals surface area (Å²) in [6.07, 6.45) is 4.55. The molecule has 0 aromatic carbocycles. The number of carbonyl (C=O) groups is 1. The third kappa shape index (κ3) is 2.84. The van der Waals surface area contributed by atoms with Crippen LogP contribution in [0.25, 0.3) is 5.65 Å². The number of anilines is 1. The quantitative estimate of drug-likeness (QED) is 0.719. The van der Waals surface area contributed by atoms with Crippen LogP contribution in [0.4, 0.5) is 5.95 Å². The largest absolute Gasteiger partial charge is 0.339 e. The Balaban J connectivity index is 1.51. The Morgan fingerprint density at radius 1 is 1.12 bits per heavy atom. The highest BCUT2D eigenvalue weighted by Gasteiger charge is 2.24. The standard InChI is InChI=1S/C17H21N7O/c1-2-24-14(7-8-18-24)16(25)21-9-5-10-22(13-12-21)17-20-19-15-6-3-4-11-23(15)17/h3-4,6-8,11H,2,5,9-10,12-13H2,1H3. The second-order valence-corrected chi connectivity index (χ2v) is 6.09. The van der Waals surface area contributed by atoms with Crippen molar-refractivity contribution in [1.29, 1.82) is 0 Å². The molecule has 3 aromatic rings. The number of carbonyl (C=O) groups excluding carboxylic acids is 1. The number of aromatic nitrogens is 5. The van der Waals surface area contributed by atoms with Crippen molar-refractivity contribution in [2.24, 2.45) is 0 Å². The van der Waals surface area contributed by atoms with Crippen LogP contribution >= 0.6 is 0 Å². The maximum absolute atomic E-state index is 12.8. The van der Waals surface area contributed by atoms with Crippen LogP contribution in [0, 0.1) is 0 Å². The normalized spacial score (nSPS) is 15.6. The van der Waals surface area contributed by atoms with Gasteiger partial charge in [-0.2, -0.15) is 5.10 Å². The summed E-state index contributed by atoms with van der Waals surface area (Å²) in [5, 5.41) is 12.8. The first-order chi connectivity index (χ1) is 12.3. The van der Waals surface area contributed by atoms with E-state index in [1.165, 1.54) is 0 Å². The van der Waals surface area contributed by atoms with Crippen LogP contribution in [0.1, 0.15) is 23.8 Å². The van der Waals surface area contributed by atoms with Crippen molar-refractivity contribution in [2.45, 2.75) is 19.9 Å². The minimum absolute atomic E-state index is 0.0484. The Labute approximate surface area is 145 Å². The Bertz CT molecular complexity index is 884. The van der Waals surface area contributed by atoms with E-state index >= 15 is 0 Å². The zero-order valence-electron chi connectivity index (χ0n) is 14.2. The molecule has 0 N–H and O–H groups in total. The van der Waals surface area contributed by atoms with E-state index < -0.39 is 0 Å². The minimum atomic E-state index is 0.0484. The van der Waals surface area contributed by atoms with Gasteiger partial charge in [0.25, 0.3) is 5.91 Å². The first-order valence-electron chi connectivity index (χ1n) is 8.63. The number of pyridine rings is 1. The highest BCUT2D eigenvalue weighted by molar-refractivity contribution is 5.92. The predicted molar refractivity (Wildman–Crippen MR) is 93.6 cm³/mol. The molecule has 0 spiro atoms. The van der Waals surface area contributed by atoms with Gasteiger partial charge in [0.2, 0.25) is 5.95 Å². The molecular weight excluding hydrogens is 318 g/mol. The molecule has 4 rings (SSSR count). The summed E-state index contributed by atoms with van der Waals surface area (Å²) < 4.78 is 3.74. The van der Waals surface area contributed by atoms with Gasteiger partial charge in [0.15, 0.2) is 5.65 Å². The highest BCUT2D eigenvalue weighted by Crippen LogP contribution is 2.16. The number of amides is 1. The second kappa shape index (κ2) is 6.54. The van der Waals surface area contributed by atoms with E-state index in [1.54, 1.807) is 16.9 Å². The van der Waals surface area contributed by atoms with Crippen LogP contribution in [0.15, 0.2) is 36.7 Å². The van der Waals surface area contributed by atoms with Gasteiger partial charge in [0.1, 0.15) is 5.69 Å². The average Bonchev–Trinajstić information content (AvgIpc) is 3.22. The lowest BCUT2D eigenvalue weighted by Gasteiger charge is -2.22. The van der Waals surface area contributed by atoms with Gasteiger partial charge in [0, 0.05) is 45.1 Å². The molecule has 0 bridgehead atoms. The topological polar surface area (TPSA) is 71.6 Å². The molecule has 8 heteroatoms. The van der Waals surface area contributed by atoms with Crippen molar-refractivity contribution in [3.63, 3.8) is 0 Å². The molecule has 4 heterocycles. The number of aryl methyl sites for hydroxylation is 1. The Morgan fingerprint density at radius 2 is 2.04 bits per heavy atom. The SMILES string of the molecule is CCn1nccc1C(=O)N1CCCN(c2nnc3ccccn23)CC1. The molecule has 1 fully saturated rings. The first kappa shape index (κ1) is 15.6. The van der Waals surface area contributed by atoms with Crippen molar-refractivity contribution in [2.75, 3.05) is 31.1 Å². The maximum atomic E-state index is 12.8. The van der Waals surface area contributed by atoms with Gasteiger partial charge in [-0.25, -0.2) is 0 Å². The Kier molecular flexibility index (Phi) is 4.09. The van der Waals surface area contributed by atoms with Crippen molar-refractivity contribution in [1.82, 2.24) is 29.3 Å². The number of hydrogen-bond donors (Lipinski definition) is 0. The Morgan fingerprint density at radius 3 is 2.92 bits per heavy atom. The molecule has 3 aromatic heterocycles.